The molecule has 2 amide bonds. The fourth-order valence-electron chi connectivity index (χ4n) is 2.57. The van der Waals surface area contributed by atoms with Crippen LogP contribution in [-0.4, -0.2) is 42.6 Å². The molecule has 1 N–H and O–H groups in total. The Balaban J connectivity index is 2.59. The number of nitrogens with zero attached hydrogens (tertiary/aromatic N) is 1. The van der Waals surface area contributed by atoms with Crippen molar-refractivity contribution in [3.63, 3.8) is 0 Å². The molecule has 0 aromatic heterocycles. The van der Waals surface area contributed by atoms with Crippen LogP contribution in [0.25, 0.3) is 0 Å². The molecule has 0 radical (unpaired) electrons. The Labute approximate surface area is 122 Å². The molecule has 0 aromatic carbocycles. The number of alkyl carbamates (subject to hydrolysis) is 1. The number of rotatable bonds is 2. The third-order valence-corrected chi connectivity index (χ3v) is 3.69. The monoisotopic (exact) mass is 284 g/mol. The van der Waals surface area contributed by atoms with Crippen molar-refractivity contribution < 1.29 is 14.3 Å². The Morgan fingerprint density at radius 1 is 1.20 bits per heavy atom. The van der Waals surface area contributed by atoms with Gasteiger partial charge in [-0.1, -0.05) is 6.92 Å². The minimum Gasteiger partial charge on any atom is -0.444 e. The minimum atomic E-state index is -0.499. The molecule has 0 aliphatic heterocycles. The summed E-state index contributed by atoms with van der Waals surface area (Å²) < 4.78 is 5.29. The van der Waals surface area contributed by atoms with Crippen molar-refractivity contribution in [2.24, 2.45) is 11.8 Å². The molecule has 0 spiro atoms. The van der Waals surface area contributed by atoms with Crippen molar-refractivity contribution in [1.82, 2.24) is 10.2 Å². The SMILES string of the molecule is C[C@@H]1CC[C@H](C(=O)N(C)C)C[C@H]1NC(=O)OC(C)(C)C. The number of ether oxygens (including phenoxy) is 1. The first-order valence-corrected chi connectivity index (χ1v) is 7.31. The highest BCUT2D eigenvalue weighted by Gasteiger charge is 2.34. The Hall–Kier alpha value is -1.26. The van der Waals surface area contributed by atoms with Crippen molar-refractivity contribution in [2.45, 2.75) is 58.6 Å². The zero-order valence-corrected chi connectivity index (χ0v) is 13.5. The van der Waals surface area contributed by atoms with E-state index in [-0.39, 0.29) is 17.9 Å². The van der Waals surface area contributed by atoms with E-state index in [4.69, 9.17) is 4.74 Å². The lowest BCUT2D eigenvalue weighted by Crippen LogP contribution is -2.47. The molecular formula is C15H28N2O3. The predicted molar refractivity (Wildman–Crippen MR) is 78.4 cm³/mol. The third kappa shape index (κ3) is 5.02. The fraction of sp³-hybridized carbons (Fsp3) is 0.867. The summed E-state index contributed by atoms with van der Waals surface area (Å²) in [7, 11) is 3.55. The van der Waals surface area contributed by atoms with Crippen molar-refractivity contribution in [3.05, 3.63) is 0 Å². The number of hydrogen-bond donors (Lipinski definition) is 1. The molecular weight excluding hydrogens is 256 g/mol. The summed E-state index contributed by atoms with van der Waals surface area (Å²) in [5.41, 5.74) is -0.499. The quantitative estimate of drug-likeness (QED) is 0.847. The molecule has 1 saturated carbocycles. The number of carbonyl (C=O) groups excluding carboxylic acids is 2. The summed E-state index contributed by atoms with van der Waals surface area (Å²) >= 11 is 0. The van der Waals surface area contributed by atoms with Crippen LogP contribution in [0.5, 0.6) is 0 Å². The second-order valence-corrected chi connectivity index (χ2v) is 6.97. The summed E-state index contributed by atoms with van der Waals surface area (Å²) in [6.07, 6.45) is 2.14. The number of hydrogen-bond acceptors (Lipinski definition) is 3. The largest absolute Gasteiger partial charge is 0.444 e. The Bertz CT molecular complexity index is 361. The van der Waals surface area contributed by atoms with Crippen LogP contribution in [0.2, 0.25) is 0 Å². The molecule has 0 saturated heterocycles. The molecule has 3 atom stereocenters. The third-order valence-electron chi connectivity index (χ3n) is 3.69. The van der Waals surface area contributed by atoms with Crippen LogP contribution in [-0.2, 0) is 9.53 Å². The van der Waals surface area contributed by atoms with Crippen molar-refractivity contribution >= 4 is 12.0 Å². The number of carbonyl (C=O) groups is 2. The van der Waals surface area contributed by atoms with Gasteiger partial charge in [-0.15, -0.1) is 0 Å². The Morgan fingerprint density at radius 2 is 1.80 bits per heavy atom. The second-order valence-electron chi connectivity index (χ2n) is 6.97. The zero-order valence-electron chi connectivity index (χ0n) is 13.5. The highest BCUT2D eigenvalue weighted by molar-refractivity contribution is 5.78. The molecule has 5 nitrogen and oxygen atoms in total. The van der Waals surface area contributed by atoms with Gasteiger partial charge in [0, 0.05) is 26.1 Å². The molecule has 1 fully saturated rings. The maximum Gasteiger partial charge on any atom is 0.407 e. The van der Waals surface area contributed by atoms with E-state index >= 15 is 0 Å². The first kappa shape index (κ1) is 16.8. The van der Waals surface area contributed by atoms with E-state index < -0.39 is 11.7 Å². The molecule has 1 rings (SSSR count). The van der Waals surface area contributed by atoms with E-state index in [0.717, 1.165) is 12.8 Å². The van der Waals surface area contributed by atoms with E-state index in [0.29, 0.717) is 12.3 Å². The lowest BCUT2D eigenvalue weighted by Gasteiger charge is -2.35. The molecule has 20 heavy (non-hydrogen) atoms. The summed E-state index contributed by atoms with van der Waals surface area (Å²) in [6.45, 7) is 7.64. The van der Waals surface area contributed by atoms with E-state index in [1.165, 1.54) is 0 Å². The van der Waals surface area contributed by atoms with Crippen LogP contribution in [0.3, 0.4) is 0 Å². The summed E-state index contributed by atoms with van der Waals surface area (Å²) in [6, 6.07) is 0.00694. The Kier molecular flexibility index (Phi) is 5.42. The first-order valence-electron chi connectivity index (χ1n) is 7.31. The Morgan fingerprint density at radius 3 is 2.30 bits per heavy atom. The highest BCUT2D eigenvalue weighted by atomic mass is 16.6. The maximum absolute atomic E-state index is 12.0. The molecule has 0 aromatic rings. The summed E-state index contributed by atoms with van der Waals surface area (Å²) in [5, 5.41) is 2.92. The maximum atomic E-state index is 12.0. The summed E-state index contributed by atoms with van der Waals surface area (Å²) in [5.74, 6) is 0.516. The van der Waals surface area contributed by atoms with Gasteiger partial charge in [-0.05, 0) is 46.0 Å². The van der Waals surface area contributed by atoms with E-state index in [2.05, 4.69) is 12.2 Å². The van der Waals surface area contributed by atoms with Gasteiger partial charge in [0.05, 0.1) is 0 Å². The average molecular weight is 284 g/mol. The molecule has 0 unspecified atom stereocenters. The van der Waals surface area contributed by atoms with Crippen LogP contribution < -0.4 is 5.32 Å². The van der Waals surface area contributed by atoms with Gasteiger partial charge in [0.2, 0.25) is 5.91 Å². The van der Waals surface area contributed by atoms with Gasteiger partial charge in [-0.25, -0.2) is 4.79 Å². The molecule has 0 bridgehead atoms. The first-order chi connectivity index (χ1) is 9.10. The summed E-state index contributed by atoms with van der Waals surface area (Å²) in [4.78, 5) is 25.5. The standard InChI is InChI=1S/C15H28N2O3/c1-10-7-8-11(13(18)17(5)6)9-12(10)16-14(19)20-15(2,3)4/h10-12H,7-9H2,1-6H3,(H,16,19)/t10-,11+,12-/m1/s1. The predicted octanol–water partition coefficient (Wildman–Crippen LogP) is 2.40. The minimum absolute atomic E-state index is 0.00105. The molecule has 1 aliphatic carbocycles. The van der Waals surface area contributed by atoms with Crippen LogP contribution in [0.4, 0.5) is 4.79 Å². The van der Waals surface area contributed by atoms with Crippen LogP contribution in [0.1, 0.15) is 47.0 Å². The lowest BCUT2D eigenvalue weighted by molar-refractivity contribution is -0.134. The van der Waals surface area contributed by atoms with Gasteiger partial charge in [0.1, 0.15) is 5.60 Å². The number of amides is 2. The highest BCUT2D eigenvalue weighted by Crippen LogP contribution is 2.30. The van der Waals surface area contributed by atoms with Gasteiger partial charge in [-0.2, -0.15) is 0 Å². The molecule has 1 aliphatic rings. The van der Waals surface area contributed by atoms with Crippen molar-refractivity contribution in [3.8, 4) is 0 Å². The smallest absolute Gasteiger partial charge is 0.407 e. The van der Waals surface area contributed by atoms with Crippen LogP contribution >= 0.6 is 0 Å². The van der Waals surface area contributed by atoms with Gasteiger partial charge in [0.15, 0.2) is 0 Å². The van der Waals surface area contributed by atoms with E-state index in [1.54, 1.807) is 19.0 Å². The van der Waals surface area contributed by atoms with Gasteiger partial charge in [0.25, 0.3) is 0 Å². The van der Waals surface area contributed by atoms with E-state index in [1.807, 2.05) is 20.8 Å². The molecule has 116 valence electrons. The molecule has 5 heteroatoms. The fourth-order valence-corrected chi connectivity index (χ4v) is 2.57. The molecule has 0 heterocycles. The van der Waals surface area contributed by atoms with Gasteiger partial charge < -0.3 is 15.0 Å². The lowest BCUT2D eigenvalue weighted by atomic mass is 9.78. The zero-order chi connectivity index (χ0) is 15.5. The van der Waals surface area contributed by atoms with Gasteiger partial charge in [-0.3, -0.25) is 4.79 Å². The van der Waals surface area contributed by atoms with Crippen molar-refractivity contribution in [1.29, 1.82) is 0 Å². The van der Waals surface area contributed by atoms with Crippen molar-refractivity contribution in [2.75, 3.05) is 14.1 Å². The van der Waals surface area contributed by atoms with E-state index in [9.17, 15) is 9.59 Å². The topological polar surface area (TPSA) is 58.6 Å². The van der Waals surface area contributed by atoms with Crippen LogP contribution in [0.15, 0.2) is 0 Å². The second kappa shape index (κ2) is 6.46. The normalized spacial score (nSPS) is 26.8. The number of nitrogens with one attached hydrogen (secondary N) is 1. The average Bonchev–Trinajstić information content (AvgIpc) is 2.28. The van der Waals surface area contributed by atoms with Gasteiger partial charge >= 0.3 is 6.09 Å². The van der Waals surface area contributed by atoms with Crippen LogP contribution in [0, 0.1) is 11.8 Å².